The predicted octanol–water partition coefficient (Wildman–Crippen LogP) is 3.87. The highest BCUT2D eigenvalue weighted by atomic mass is 32.1. The zero-order valence-electron chi connectivity index (χ0n) is 17.1. The molecule has 5 rings (SSSR count). The van der Waals surface area contributed by atoms with E-state index in [2.05, 4.69) is 5.32 Å². The Morgan fingerprint density at radius 1 is 1.22 bits per heavy atom. The van der Waals surface area contributed by atoms with E-state index < -0.39 is 29.0 Å². The molecular formula is C23H17FN2O5S. The maximum atomic E-state index is 13.9. The highest BCUT2D eigenvalue weighted by molar-refractivity contribution is 7.15. The molecule has 0 saturated carbocycles. The number of carboxylic acid groups (broad SMARTS) is 1. The van der Waals surface area contributed by atoms with Crippen LogP contribution >= 0.6 is 11.3 Å². The fraction of sp³-hybridized carbons (Fsp3) is 0.174. The summed E-state index contributed by atoms with van der Waals surface area (Å²) >= 11 is 0.960. The number of methoxy groups -OCH3 is 1. The van der Waals surface area contributed by atoms with Crippen LogP contribution in [0, 0.1) is 5.82 Å². The van der Waals surface area contributed by atoms with E-state index in [1.54, 1.807) is 24.3 Å². The molecule has 1 spiro atoms. The number of nitrogens with zero attached hydrogens (tertiary/aromatic N) is 1. The van der Waals surface area contributed by atoms with Crippen LogP contribution in [0.4, 0.5) is 15.8 Å². The Hall–Kier alpha value is -3.72. The number of ether oxygens (including phenoxy) is 1. The lowest BCUT2D eigenvalue weighted by Gasteiger charge is -2.32. The van der Waals surface area contributed by atoms with Gasteiger partial charge < -0.3 is 20.1 Å². The Bertz CT molecular complexity index is 1320. The molecule has 162 valence electrons. The van der Waals surface area contributed by atoms with Crippen LogP contribution in [0.1, 0.15) is 26.5 Å². The number of carbonyl (C=O) groups is 3. The van der Waals surface area contributed by atoms with Gasteiger partial charge in [0.1, 0.15) is 21.9 Å². The van der Waals surface area contributed by atoms with Crippen LogP contribution in [-0.4, -0.2) is 37.0 Å². The second kappa shape index (κ2) is 6.89. The summed E-state index contributed by atoms with van der Waals surface area (Å²) in [5.74, 6) is -1.89. The summed E-state index contributed by atoms with van der Waals surface area (Å²) in [7, 11) is 3.05. The van der Waals surface area contributed by atoms with Crippen LogP contribution in [0.3, 0.4) is 0 Å². The molecular weight excluding hydrogens is 435 g/mol. The first-order chi connectivity index (χ1) is 15.3. The number of carboxylic acids is 1. The van der Waals surface area contributed by atoms with Crippen LogP contribution in [0.15, 0.2) is 42.5 Å². The van der Waals surface area contributed by atoms with Crippen molar-refractivity contribution in [2.45, 2.75) is 11.8 Å². The maximum absolute atomic E-state index is 13.9. The second-order valence-corrected chi connectivity index (χ2v) is 8.72. The minimum atomic E-state index is -1.41. The van der Waals surface area contributed by atoms with Crippen LogP contribution in [-0.2, 0) is 15.0 Å². The number of carbonyl (C=O) groups excluding carboxylic acids is 2. The third-order valence-electron chi connectivity index (χ3n) is 6.01. The van der Waals surface area contributed by atoms with E-state index in [9.17, 15) is 23.9 Å². The van der Waals surface area contributed by atoms with E-state index in [-0.39, 0.29) is 11.3 Å². The van der Waals surface area contributed by atoms with Crippen molar-refractivity contribution < 1.29 is 28.6 Å². The highest BCUT2D eigenvalue weighted by Gasteiger charge is 2.57. The van der Waals surface area contributed by atoms with Gasteiger partial charge in [0.15, 0.2) is 0 Å². The Morgan fingerprint density at radius 3 is 2.59 bits per heavy atom. The molecule has 2 amide bonds. The van der Waals surface area contributed by atoms with Crippen molar-refractivity contribution in [3.05, 3.63) is 63.6 Å². The smallest absolute Gasteiger partial charge is 0.346 e. The Balaban J connectivity index is 1.82. The SMILES string of the molecule is COc1ccc(-c2c(C(=O)O)sc3c2NC(=O)C[C@@]32C(=O)N(C)c3cc(F)ccc32)cc1. The van der Waals surface area contributed by atoms with Crippen molar-refractivity contribution >= 4 is 40.5 Å². The molecule has 9 heteroatoms. The molecule has 0 saturated heterocycles. The van der Waals surface area contributed by atoms with Gasteiger partial charge in [-0.3, -0.25) is 9.59 Å². The Labute approximate surface area is 186 Å². The number of amides is 2. The molecule has 0 radical (unpaired) electrons. The zero-order chi connectivity index (χ0) is 22.8. The van der Waals surface area contributed by atoms with E-state index in [1.165, 1.54) is 37.3 Å². The van der Waals surface area contributed by atoms with Crippen molar-refractivity contribution in [2.24, 2.45) is 0 Å². The summed E-state index contributed by atoms with van der Waals surface area (Å²) in [6.45, 7) is 0. The van der Waals surface area contributed by atoms with E-state index >= 15 is 0 Å². The predicted molar refractivity (Wildman–Crippen MR) is 117 cm³/mol. The molecule has 1 atom stereocenters. The van der Waals surface area contributed by atoms with Crippen molar-refractivity contribution in [3.8, 4) is 16.9 Å². The summed E-state index contributed by atoms with van der Waals surface area (Å²) in [4.78, 5) is 40.3. The lowest BCUT2D eigenvalue weighted by molar-refractivity contribution is -0.126. The van der Waals surface area contributed by atoms with Crippen LogP contribution in [0.2, 0.25) is 0 Å². The van der Waals surface area contributed by atoms with Gasteiger partial charge in [0.25, 0.3) is 0 Å². The molecule has 32 heavy (non-hydrogen) atoms. The minimum absolute atomic E-state index is 0.00718. The number of rotatable bonds is 3. The monoisotopic (exact) mass is 452 g/mol. The minimum Gasteiger partial charge on any atom is -0.497 e. The van der Waals surface area contributed by atoms with Gasteiger partial charge in [0, 0.05) is 12.6 Å². The number of aromatic carboxylic acids is 1. The summed E-state index contributed by atoms with van der Waals surface area (Å²) in [5, 5.41) is 12.7. The molecule has 3 heterocycles. The number of likely N-dealkylation sites (N-methyl/N-ethyl adjacent to an activating group) is 1. The number of fused-ring (bicyclic) bond motifs is 4. The fourth-order valence-electron chi connectivity index (χ4n) is 4.58. The first-order valence-electron chi connectivity index (χ1n) is 9.71. The number of nitrogens with one attached hydrogen (secondary N) is 1. The van der Waals surface area contributed by atoms with Gasteiger partial charge in [-0.15, -0.1) is 11.3 Å². The van der Waals surface area contributed by atoms with Gasteiger partial charge >= 0.3 is 5.97 Å². The summed E-state index contributed by atoms with van der Waals surface area (Å²) in [6, 6.07) is 10.8. The van der Waals surface area contributed by atoms with Crippen molar-refractivity contribution in [1.29, 1.82) is 0 Å². The topological polar surface area (TPSA) is 95.9 Å². The molecule has 2 aliphatic heterocycles. The quantitative estimate of drug-likeness (QED) is 0.629. The standard InChI is InChI=1S/C23H17FN2O5S/c1-26-15-9-12(24)5-8-14(15)23(22(26)30)10-16(27)25-18-17(19(21(28)29)32-20(18)23)11-3-6-13(31-2)7-4-11/h3-9H,10H2,1-2H3,(H,25,27)(H,28,29)/t23-/m0/s1. The molecule has 3 aromatic rings. The normalized spacial score (nSPS) is 19.0. The lowest BCUT2D eigenvalue weighted by atomic mass is 9.74. The van der Waals surface area contributed by atoms with Gasteiger partial charge in [0.05, 0.1) is 29.8 Å². The first kappa shape index (κ1) is 20.2. The Kier molecular flexibility index (Phi) is 4.35. The van der Waals surface area contributed by atoms with Gasteiger partial charge in [-0.05, 0) is 35.4 Å². The van der Waals surface area contributed by atoms with E-state index in [1.807, 2.05) is 0 Å². The summed E-state index contributed by atoms with van der Waals surface area (Å²) in [6.07, 6.45) is -0.191. The van der Waals surface area contributed by atoms with E-state index in [4.69, 9.17) is 4.74 Å². The number of benzene rings is 2. The van der Waals surface area contributed by atoms with Crippen LogP contribution < -0.4 is 15.0 Å². The third-order valence-corrected chi connectivity index (χ3v) is 7.35. The van der Waals surface area contributed by atoms with Crippen molar-refractivity contribution in [2.75, 3.05) is 24.4 Å². The molecule has 2 N–H and O–H groups in total. The number of halogens is 1. The number of hydrogen-bond donors (Lipinski definition) is 2. The van der Waals surface area contributed by atoms with Crippen LogP contribution in [0.5, 0.6) is 5.75 Å². The molecule has 2 aromatic carbocycles. The molecule has 0 unspecified atom stereocenters. The second-order valence-electron chi connectivity index (χ2n) is 7.70. The molecule has 0 bridgehead atoms. The van der Waals surface area contributed by atoms with E-state index in [0.717, 1.165) is 11.3 Å². The number of thiophene rings is 1. The molecule has 7 nitrogen and oxygen atoms in total. The molecule has 0 fully saturated rings. The highest BCUT2D eigenvalue weighted by Crippen LogP contribution is 2.57. The number of hydrogen-bond acceptors (Lipinski definition) is 5. The Morgan fingerprint density at radius 2 is 1.94 bits per heavy atom. The van der Waals surface area contributed by atoms with Crippen molar-refractivity contribution in [3.63, 3.8) is 0 Å². The first-order valence-corrected chi connectivity index (χ1v) is 10.5. The number of anilines is 2. The van der Waals surface area contributed by atoms with Crippen molar-refractivity contribution in [1.82, 2.24) is 0 Å². The summed E-state index contributed by atoms with van der Waals surface area (Å²) < 4.78 is 19.1. The van der Waals surface area contributed by atoms with Gasteiger partial charge in [-0.2, -0.15) is 0 Å². The fourth-order valence-corrected chi connectivity index (χ4v) is 5.90. The third kappa shape index (κ3) is 2.61. The van der Waals surface area contributed by atoms with Gasteiger partial charge in [0.2, 0.25) is 11.8 Å². The summed E-state index contributed by atoms with van der Waals surface area (Å²) in [5.41, 5.74) is 0.645. The van der Waals surface area contributed by atoms with Gasteiger partial charge in [-0.25, -0.2) is 9.18 Å². The zero-order valence-corrected chi connectivity index (χ0v) is 17.9. The average Bonchev–Trinajstić information content (AvgIpc) is 3.25. The largest absolute Gasteiger partial charge is 0.497 e. The molecule has 1 aromatic heterocycles. The van der Waals surface area contributed by atoms with Gasteiger partial charge in [-0.1, -0.05) is 18.2 Å². The van der Waals surface area contributed by atoms with Crippen LogP contribution in [0.25, 0.3) is 11.1 Å². The molecule has 0 aliphatic carbocycles. The lowest BCUT2D eigenvalue weighted by Crippen LogP contribution is -2.45. The van der Waals surface area contributed by atoms with E-state index in [0.29, 0.717) is 38.7 Å². The molecule has 2 aliphatic rings. The average molecular weight is 452 g/mol. The maximum Gasteiger partial charge on any atom is 0.346 e.